The third kappa shape index (κ3) is 5.23. The number of anilines is 1. The van der Waals surface area contributed by atoms with E-state index in [-0.39, 0.29) is 5.91 Å². The van der Waals surface area contributed by atoms with E-state index in [4.69, 9.17) is 5.26 Å². The molecule has 0 unspecified atom stereocenters. The molecule has 0 atom stereocenters. The number of carbonyl (C=O) groups excluding carboxylic acids is 1. The van der Waals surface area contributed by atoms with Gasteiger partial charge in [-0.15, -0.1) is 6.58 Å². The lowest BCUT2D eigenvalue weighted by Gasteiger charge is -2.34. The summed E-state index contributed by atoms with van der Waals surface area (Å²) in [5, 5.41) is 11.5. The van der Waals surface area contributed by atoms with Crippen molar-refractivity contribution in [3.05, 3.63) is 71.9 Å². The minimum absolute atomic E-state index is 0.211. The maximum atomic E-state index is 12.3. The molecule has 3 rings (SSSR count). The van der Waals surface area contributed by atoms with Crippen LogP contribution in [-0.2, 0) is 6.54 Å². The highest BCUT2D eigenvalue weighted by Gasteiger charge is 2.16. The number of aromatic nitrogens is 1. The van der Waals surface area contributed by atoms with E-state index in [1.807, 2.05) is 36.4 Å². The third-order valence-corrected chi connectivity index (χ3v) is 4.61. The fraction of sp³-hybridized carbons (Fsp3) is 0.286. The highest BCUT2D eigenvalue weighted by Crippen LogP contribution is 2.12. The normalized spacial score (nSPS) is 15.1. The number of hydrogen-bond donors (Lipinski definition) is 1. The number of piperazine rings is 1. The molecule has 0 bridgehead atoms. The van der Waals surface area contributed by atoms with Gasteiger partial charge in [0.2, 0.25) is 0 Å². The number of pyridine rings is 1. The highest BCUT2D eigenvalue weighted by molar-refractivity contribution is 6.03. The van der Waals surface area contributed by atoms with E-state index in [2.05, 4.69) is 26.7 Å². The van der Waals surface area contributed by atoms with Crippen LogP contribution in [0.4, 0.5) is 5.82 Å². The fourth-order valence-corrected chi connectivity index (χ4v) is 3.05. The van der Waals surface area contributed by atoms with Gasteiger partial charge in [-0.25, -0.2) is 4.98 Å². The summed E-state index contributed by atoms with van der Waals surface area (Å²) in [4.78, 5) is 21.2. The third-order valence-electron chi connectivity index (χ3n) is 4.61. The van der Waals surface area contributed by atoms with E-state index in [9.17, 15) is 4.79 Å². The van der Waals surface area contributed by atoms with E-state index < -0.39 is 0 Å². The van der Waals surface area contributed by atoms with Crippen LogP contribution in [0.25, 0.3) is 0 Å². The lowest BCUT2D eigenvalue weighted by Crippen LogP contribution is -2.45. The molecule has 0 spiro atoms. The molecule has 0 saturated carbocycles. The van der Waals surface area contributed by atoms with Crippen molar-refractivity contribution in [3.8, 4) is 6.07 Å². The molecular weight excluding hydrogens is 338 g/mol. The van der Waals surface area contributed by atoms with Crippen molar-refractivity contribution in [2.45, 2.75) is 6.54 Å². The summed E-state index contributed by atoms with van der Waals surface area (Å²) >= 11 is 0. The average Bonchev–Trinajstić information content (AvgIpc) is 2.71. The number of nitrogens with zero attached hydrogens (tertiary/aromatic N) is 4. The first-order valence-corrected chi connectivity index (χ1v) is 9.00. The zero-order chi connectivity index (χ0) is 19.1. The second-order valence-corrected chi connectivity index (χ2v) is 6.56. The molecule has 2 aromatic rings. The summed E-state index contributed by atoms with van der Waals surface area (Å²) in [6.07, 6.45) is 3.39. The van der Waals surface area contributed by atoms with Gasteiger partial charge >= 0.3 is 0 Å². The highest BCUT2D eigenvalue weighted by atomic mass is 16.1. The fourth-order valence-electron chi connectivity index (χ4n) is 3.05. The van der Waals surface area contributed by atoms with E-state index in [1.54, 1.807) is 12.1 Å². The Morgan fingerprint density at radius 3 is 2.44 bits per heavy atom. The Morgan fingerprint density at radius 1 is 1.15 bits per heavy atom. The molecule has 1 fully saturated rings. The molecule has 6 nitrogen and oxygen atoms in total. The van der Waals surface area contributed by atoms with Gasteiger partial charge in [0.25, 0.3) is 5.91 Å². The molecule has 6 heteroatoms. The Balaban J connectivity index is 1.53. The first-order valence-electron chi connectivity index (χ1n) is 9.00. The molecule has 1 aliphatic rings. The zero-order valence-electron chi connectivity index (χ0n) is 15.3. The van der Waals surface area contributed by atoms with Gasteiger partial charge in [-0.3, -0.25) is 14.6 Å². The number of nitrogens with one attached hydrogen (secondary N) is 1. The van der Waals surface area contributed by atoms with Gasteiger partial charge in [0.05, 0.1) is 5.56 Å². The minimum atomic E-state index is -0.211. The van der Waals surface area contributed by atoms with Crippen molar-refractivity contribution in [1.82, 2.24) is 14.8 Å². The molecule has 0 radical (unpaired) electrons. The molecule has 1 saturated heterocycles. The smallest absolute Gasteiger partial charge is 0.256 e. The van der Waals surface area contributed by atoms with Crippen molar-refractivity contribution in [2.75, 3.05) is 38.0 Å². The van der Waals surface area contributed by atoms with Gasteiger partial charge in [-0.1, -0.05) is 18.2 Å². The van der Waals surface area contributed by atoms with Crippen LogP contribution in [0.5, 0.6) is 0 Å². The van der Waals surface area contributed by atoms with Crippen LogP contribution >= 0.6 is 0 Å². The molecule has 27 heavy (non-hydrogen) atoms. The SMILES string of the molecule is C=CCN1CCN(Cc2ccc(C(=O)Nc3ccc(C#N)cn3)cc2)CC1. The Labute approximate surface area is 159 Å². The quantitative estimate of drug-likeness (QED) is 0.801. The van der Waals surface area contributed by atoms with Crippen LogP contribution in [0.3, 0.4) is 0 Å². The van der Waals surface area contributed by atoms with Crippen molar-refractivity contribution >= 4 is 11.7 Å². The van der Waals surface area contributed by atoms with Gasteiger partial charge in [0.1, 0.15) is 11.9 Å². The van der Waals surface area contributed by atoms with E-state index in [0.29, 0.717) is 16.9 Å². The molecule has 1 N–H and O–H groups in total. The van der Waals surface area contributed by atoms with Crippen LogP contribution in [0.2, 0.25) is 0 Å². The number of amides is 1. The van der Waals surface area contributed by atoms with Crippen molar-refractivity contribution < 1.29 is 4.79 Å². The Kier molecular flexibility index (Phi) is 6.31. The first-order chi connectivity index (χ1) is 13.2. The monoisotopic (exact) mass is 361 g/mol. The standard InChI is InChI=1S/C21H23N5O/c1-2-9-25-10-12-26(13-11-25)16-17-3-6-19(7-4-17)21(27)24-20-8-5-18(14-22)15-23-20/h2-8,15H,1,9-13,16H2,(H,23,24,27). The van der Waals surface area contributed by atoms with Crippen molar-refractivity contribution in [2.24, 2.45) is 0 Å². The lowest BCUT2D eigenvalue weighted by atomic mass is 10.1. The molecular formula is C21H23N5O. The maximum Gasteiger partial charge on any atom is 0.256 e. The maximum absolute atomic E-state index is 12.3. The zero-order valence-corrected chi connectivity index (χ0v) is 15.3. The largest absolute Gasteiger partial charge is 0.307 e. The molecule has 0 aliphatic carbocycles. The lowest BCUT2D eigenvalue weighted by molar-refractivity contribution is 0.102. The van der Waals surface area contributed by atoms with Crippen molar-refractivity contribution in [3.63, 3.8) is 0 Å². The van der Waals surface area contributed by atoms with Gasteiger partial charge in [0, 0.05) is 51.0 Å². The number of benzene rings is 1. The molecule has 2 heterocycles. The van der Waals surface area contributed by atoms with Gasteiger partial charge in [-0.05, 0) is 29.8 Å². The topological polar surface area (TPSA) is 72.3 Å². The Hall–Kier alpha value is -3.01. The number of nitriles is 1. The second-order valence-electron chi connectivity index (χ2n) is 6.56. The molecule has 1 aromatic heterocycles. The van der Waals surface area contributed by atoms with Crippen LogP contribution in [0.1, 0.15) is 21.5 Å². The first kappa shape index (κ1) is 18.8. The Morgan fingerprint density at radius 2 is 1.85 bits per heavy atom. The second kappa shape index (κ2) is 9.08. The Bertz CT molecular complexity index is 815. The van der Waals surface area contributed by atoms with E-state index >= 15 is 0 Å². The molecule has 1 aliphatic heterocycles. The molecule has 1 aromatic carbocycles. The predicted molar refractivity (Wildman–Crippen MR) is 105 cm³/mol. The van der Waals surface area contributed by atoms with Crippen LogP contribution < -0.4 is 5.32 Å². The van der Waals surface area contributed by atoms with Crippen LogP contribution in [0.15, 0.2) is 55.3 Å². The van der Waals surface area contributed by atoms with Gasteiger partial charge in [-0.2, -0.15) is 5.26 Å². The number of hydrogen-bond acceptors (Lipinski definition) is 5. The summed E-state index contributed by atoms with van der Waals surface area (Å²) in [5.41, 5.74) is 2.24. The van der Waals surface area contributed by atoms with E-state index in [1.165, 1.54) is 11.8 Å². The van der Waals surface area contributed by atoms with Crippen LogP contribution in [0, 0.1) is 11.3 Å². The van der Waals surface area contributed by atoms with E-state index in [0.717, 1.165) is 39.3 Å². The van der Waals surface area contributed by atoms with Crippen LogP contribution in [-0.4, -0.2) is 53.4 Å². The molecule has 1 amide bonds. The molecule has 138 valence electrons. The van der Waals surface area contributed by atoms with Crippen molar-refractivity contribution in [1.29, 1.82) is 5.26 Å². The average molecular weight is 361 g/mol. The minimum Gasteiger partial charge on any atom is -0.307 e. The summed E-state index contributed by atoms with van der Waals surface area (Å²) in [5.74, 6) is 0.220. The van der Waals surface area contributed by atoms with Gasteiger partial charge in [0.15, 0.2) is 0 Å². The number of carbonyl (C=O) groups is 1. The summed E-state index contributed by atoms with van der Waals surface area (Å²) in [7, 11) is 0. The number of rotatable bonds is 6. The van der Waals surface area contributed by atoms with Gasteiger partial charge < -0.3 is 5.32 Å². The summed E-state index contributed by atoms with van der Waals surface area (Å²) in [6.45, 7) is 9.84. The summed E-state index contributed by atoms with van der Waals surface area (Å²) < 4.78 is 0. The predicted octanol–water partition coefficient (Wildman–Crippen LogP) is 2.51. The summed E-state index contributed by atoms with van der Waals surface area (Å²) in [6, 6.07) is 12.9.